The lowest BCUT2D eigenvalue weighted by Crippen LogP contribution is -2.46. The SMILES string of the molecule is CC(C)(C)C(Cn1ccnc1)NC(=O)CCCCBr. The first-order valence-corrected chi connectivity index (χ1v) is 7.86. The molecule has 0 fully saturated rings. The van der Waals surface area contributed by atoms with Crippen molar-refractivity contribution >= 4 is 21.8 Å². The van der Waals surface area contributed by atoms with Gasteiger partial charge in [0.2, 0.25) is 5.91 Å². The van der Waals surface area contributed by atoms with Crippen LogP contribution in [0.25, 0.3) is 0 Å². The molecule has 0 saturated heterocycles. The molecular formula is C14H24BrN3O. The first-order valence-electron chi connectivity index (χ1n) is 6.74. The van der Waals surface area contributed by atoms with E-state index in [9.17, 15) is 4.79 Å². The molecule has 0 radical (unpaired) electrons. The molecule has 0 aliphatic rings. The average molecular weight is 330 g/mol. The van der Waals surface area contributed by atoms with Gasteiger partial charge in [0, 0.05) is 30.7 Å². The molecule has 1 unspecified atom stereocenters. The van der Waals surface area contributed by atoms with Crippen molar-refractivity contribution in [2.24, 2.45) is 5.41 Å². The molecule has 1 rings (SSSR count). The molecular weight excluding hydrogens is 306 g/mol. The lowest BCUT2D eigenvalue weighted by atomic mass is 9.86. The molecule has 0 saturated carbocycles. The van der Waals surface area contributed by atoms with Crippen molar-refractivity contribution in [1.29, 1.82) is 0 Å². The average Bonchev–Trinajstić information content (AvgIpc) is 2.80. The van der Waals surface area contributed by atoms with Crippen molar-refractivity contribution in [3.05, 3.63) is 18.7 Å². The van der Waals surface area contributed by atoms with Crippen molar-refractivity contribution in [1.82, 2.24) is 14.9 Å². The third kappa shape index (κ3) is 6.23. The zero-order valence-electron chi connectivity index (χ0n) is 12.0. The van der Waals surface area contributed by atoms with Gasteiger partial charge in [-0.2, -0.15) is 0 Å². The Morgan fingerprint density at radius 2 is 2.16 bits per heavy atom. The van der Waals surface area contributed by atoms with Crippen molar-refractivity contribution in [3.8, 4) is 0 Å². The van der Waals surface area contributed by atoms with E-state index >= 15 is 0 Å². The number of hydrogen-bond acceptors (Lipinski definition) is 2. The summed E-state index contributed by atoms with van der Waals surface area (Å²) in [7, 11) is 0. The monoisotopic (exact) mass is 329 g/mol. The van der Waals surface area contributed by atoms with Crippen LogP contribution in [0, 0.1) is 5.41 Å². The smallest absolute Gasteiger partial charge is 0.220 e. The Morgan fingerprint density at radius 1 is 1.42 bits per heavy atom. The Kier molecular flexibility index (Phi) is 6.55. The minimum Gasteiger partial charge on any atom is -0.351 e. The molecule has 0 aliphatic carbocycles. The van der Waals surface area contributed by atoms with E-state index < -0.39 is 0 Å². The maximum atomic E-state index is 12.0. The van der Waals surface area contributed by atoms with Gasteiger partial charge in [0.25, 0.3) is 0 Å². The molecule has 108 valence electrons. The third-order valence-electron chi connectivity index (χ3n) is 3.12. The number of imidazole rings is 1. The van der Waals surface area contributed by atoms with Crippen molar-refractivity contribution in [2.45, 2.75) is 52.6 Å². The Balaban J connectivity index is 2.53. The molecule has 4 nitrogen and oxygen atoms in total. The molecule has 1 aromatic rings. The fraction of sp³-hybridized carbons (Fsp3) is 0.714. The first kappa shape index (κ1) is 16.2. The summed E-state index contributed by atoms with van der Waals surface area (Å²) in [5.41, 5.74) is 0.0232. The fourth-order valence-corrected chi connectivity index (χ4v) is 2.18. The van der Waals surface area contributed by atoms with Gasteiger partial charge in [-0.15, -0.1) is 0 Å². The van der Waals surface area contributed by atoms with E-state index in [1.165, 1.54) is 0 Å². The summed E-state index contributed by atoms with van der Waals surface area (Å²) in [6, 6.07) is 0.109. The molecule has 0 aromatic carbocycles. The number of carbonyl (C=O) groups excluding carboxylic acids is 1. The normalized spacial score (nSPS) is 13.3. The highest BCUT2D eigenvalue weighted by Crippen LogP contribution is 2.21. The van der Waals surface area contributed by atoms with Gasteiger partial charge < -0.3 is 9.88 Å². The maximum Gasteiger partial charge on any atom is 0.220 e. The summed E-state index contributed by atoms with van der Waals surface area (Å²) in [6.07, 6.45) is 8.04. The third-order valence-corrected chi connectivity index (χ3v) is 3.68. The van der Waals surface area contributed by atoms with Crippen LogP contribution < -0.4 is 5.32 Å². The van der Waals surface area contributed by atoms with Gasteiger partial charge in [-0.3, -0.25) is 4.79 Å². The van der Waals surface area contributed by atoms with E-state index in [2.05, 4.69) is 47.0 Å². The minimum atomic E-state index is 0.0232. The van der Waals surface area contributed by atoms with Crippen LogP contribution in [-0.4, -0.2) is 26.8 Å². The number of hydrogen-bond donors (Lipinski definition) is 1. The molecule has 1 N–H and O–H groups in total. The summed E-state index contributed by atoms with van der Waals surface area (Å²) in [5.74, 6) is 0.140. The van der Waals surface area contributed by atoms with Gasteiger partial charge in [-0.25, -0.2) is 4.98 Å². The number of alkyl halides is 1. The first-order chi connectivity index (χ1) is 8.93. The second kappa shape index (κ2) is 7.68. The second-order valence-corrected chi connectivity index (χ2v) is 6.68. The van der Waals surface area contributed by atoms with Crippen LogP contribution in [0.15, 0.2) is 18.7 Å². The maximum absolute atomic E-state index is 12.0. The van der Waals surface area contributed by atoms with Crippen LogP contribution in [0.1, 0.15) is 40.0 Å². The van der Waals surface area contributed by atoms with Gasteiger partial charge in [-0.1, -0.05) is 36.7 Å². The number of unbranched alkanes of at least 4 members (excludes halogenated alkanes) is 1. The van der Waals surface area contributed by atoms with Gasteiger partial charge in [-0.05, 0) is 18.3 Å². The van der Waals surface area contributed by atoms with Gasteiger partial charge in [0.1, 0.15) is 0 Å². The molecule has 5 heteroatoms. The van der Waals surface area contributed by atoms with Crippen LogP contribution in [0.2, 0.25) is 0 Å². The largest absolute Gasteiger partial charge is 0.351 e. The summed E-state index contributed by atoms with van der Waals surface area (Å²) in [6.45, 7) is 7.20. The summed E-state index contributed by atoms with van der Waals surface area (Å²) < 4.78 is 2.01. The van der Waals surface area contributed by atoms with E-state index in [4.69, 9.17) is 0 Å². The van der Waals surface area contributed by atoms with E-state index in [0.717, 1.165) is 24.7 Å². The highest BCUT2D eigenvalue weighted by atomic mass is 79.9. The van der Waals surface area contributed by atoms with Crippen LogP contribution in [0.5, 0.6) is 0 Å². The molecule has 1 atom stereocenters. The fourth-order valence-electron chi connectivity index (χ4n) is 1.79. The Hall–Kier alpha value is -0.840. The van der Waals surface area contributed by atoms with Crippen LogP contribution in [-0.2, 0) is 11.3 Å². The van der Waals surface area contributed by atoms with Gasteiger partial charge >= 0.3 is 0 Å². The van der Waals surface area contributed by atoms with Crippen molar-refractivity contribution in [2.75, 3.05) is 5.33 Å². The van der Waals surface area contributed by atoms with Gasteiger partial charge in [0.15, 0.2) is 0 Å². The van der Waals surface area contributed by atoms with E-state index in [1.807, 2.05) is 10.8 Å². The quantitative estimate of drug-likeness (QED) is 0.617. The predicted molar refractivity (Wildman–Crippen MR) is 81.3 cm³/mol. The lowest BCUT2D eigenvalue weighted by molar-refractivity contribution is -0.122. The highest BCUT2D eigenvalue weighted by molar-refractivity contribution is 9.09. The number of aromatic nitrogens is 2. The van der Waals surface area contributed by atoms with E-state index in [1.54, 1.807) is 12.5 Å². The number of halogens is 1. The molecule has 0 bridgehead atoms. The van der Waals surface area contributed by atoms with Gasteiger partial charge in [0.05, 0.1) is 12.4 Å². The predicted octanol–water partition coefficient (Wildman–Crippen LogP) is 2.98. The van der Waals surface area contributed by atoms with E-state index in [-0.39, 0.29) is 17.4 Å². The van der Waals surface area contributed by atoms with E-state index in [0.29, 0.717) is 6.42 Å². The number of amides is 1. The van der Waals surface area contributed by atoms with Crippen LogP contribution >= 0.6 is 15.9 Å². The number of rotatable bonds is 7. The molecule has 1 heterocycles. The summed E-state index contributed by atoms with van der Waals surface area (Å²) in [4.78, 5) is 16.0. The molecule has 19 heavy (non-hydrogen) atoms. The zero-order chi connectivity index (χ0) is 14.3. The summed E-state index contributed by atoms with van der Waals surface area (Å²) in [5, 5.41) is 4.11. The molecule has 0 aliphatic heterocycles. The second-order valence-electron chi connectivity index (χ2n) is 5.89. The molecule has 1 amide bonds. The molecule has 1 aromatic heterocycles. The van der Waals surface area contributed by atoms with Crippen LogP contribution in [0.4, 0.5) is 0 Å². The Morgan fingerprint density at radius 3 is 2.68 bits per heavy atom. The number of nitrogens with one attached hydrogen (secondary N) is 1. The number of carbonyl (C=O) groups is 1. The van der Waals surface area contributed by atoms with Crippen molar-refractivity contribution < 1.29 is 4.79 Å². The molecule has 0 spiro atoms. The standard InChI is InChI=1S/C14H24BrN3O/c1-14(2,3)12(10-18-9-8-16-11-18)17-13(19)6-4-5-7-15/h8-9,11-12H,4-7,10H2,1-3H3,(H,17,19). The Labute approximate surface area is 124 Å². The highest BCUT2D eigenvalue weighted by Gasteiger charge is 2.26. The van der Waals surface area contributed by atoms with Crippen LogP contribution in [0.3, 0.4) is 0 Å². The zero-order valence-corrected chi connectivity index (χ0v) is 13.6. The number of nitrogens with zero attached hydrogens (tertiary/aromatic N) is 2. The Bertz CT molecular complexity index is 371. The minimum absolute atomic E-state index is 0.0232. The van der Waals surface area contributed by atoms with Crippen molar-refractivity contribution in [3.63, 3.8) is 0 Å². The topological polar surface area (TPSA) is 46.9 Å². The lowest BCUT2D eigenvalue weighted by Gasteiger charge is -2.31. The summed E-state index contributed by atoms with van der Waals surface area (Å²) >= 11 is 3.38.